The SMILES string of the molecule is CCOCCC1(CNC(=NC)NCc2ccc(OC)cc2)CCCC1. The van der Waals surface area contributed by atoms with Gasteiger partial charge in [0, 0.05) is 33.4 Å². The zero-order valence-electron chi connectivity index (χ0n) is 15.9. The molecular formula is C20H33N3O2. The van der Waals surface area contributed by atoms with E-state index >= 15 is 0 Å². The van der Waals surface area contributed by atoms with Gasteiger partial charge in [0.25, 0.3) is 0 Å². The summed E-state index contributed by atoms with van der Waals surface area (Å²) in [4.78, 5) is 4.36. The van der Waals surface area contributed by atoms with Gasteiger partial charge in [-0.25, -0.2) is 0 Å². The number of rotatable bonds is 9. The van der Waals surface area contributed by atoms with E-state index in [0.29, 0.717) is 5.41 Å². The number of nitrogens with one attached hydrogen (secondary N) is 2. The number of aliphatic imine (C=N–C) groups is 1. The number of guanidine groups is 1. The Kier molecular flexibility index (Phi) is 8.06. The van der Waals surface area contributed by atoms with E-state index < -0.39 is 0 Å². The number of ether oxygens (including phenoxy) is 2. The van der Waals surface area contributed by atoms with Crippen LogP contribution in [0.4, 0.5) is 0 Å². The van der Waals surface area contributed by atoms with E-state index in [2.05, 4.69) is 34.7 Å². The molecule has 0 radical (unpaired) electrons. The van der Waals surface area contributed by atoms with Gasteiger partial charge in [0.15, 0.2) is 5.96 Å². The first-order valence-electron chi connectivity index (χ1n) is 9.36. The lowest BCUT2D eigenvalue weighted by Crippen LogP contribution is -2.43. The first kappa shape index (κ1) is 19.6. The molecule has 0 saturated heterocycles. The van der Waals surface area contributed by atoms with E-state index in [-0.39, 0.29) is 0 Å². The second kappa shape index (κ2) is 10.3. The Bertz CT molecular complexity index is 522. The molecular weight excluding hydrogens is 314 g/mol. The number of methoxy groups -OCH3 is 1. The van der Waals surface area contributed by atoms with Crippen LogP contribution in [0.3, 0.4) is 0 Å². The third-order valence-electron chi connectivity index (χ3n) is 5.12. The summed E-state index contributed by atoms with van der Waals surface area (Å²) in [5, 5.41) is 6.93. The van der Waals surface area contributed by atoms with Gasteiger partial charge in [0.1, 0.15) is 5.75 Å². The molecule has 5 heteroatoms. The van der Waals surface area contributed by atoms with Crippen LogP contribution in [0.15, 0.2) is 29.3 Å². The van der Waals surface area contributed by atoms with Gasteiger partial charge in [-0.15, -0.1) is 0 Å². The normalized spacial score (nSPS) is 16.7. The summed E-state index contributed by atoms with van der Waals surface area (Å²) in [5.74, 6) is 1.74. The Labute approximate surface area is 152 Å². The molecule has 0 heterocycles. The largest absolute Gasteiger partial charge is 0.497 e. The van der Waals surface area contributed by atoms with Gasteiger partial charge in [-0.1, -0.05) is 25.0 Å². The average molecular weight is 348 g/mol. The van der Waals surface area contributed by atoms with Gasteiger partial charge in [0.05, 0.1) is 7.11 Å². The van der Waals surface area contributed by atoms with Gasteiger partial charge in [-0.3, -0.25) is 4.99 Å². The van der Waals surface area contributed by atoms with Crippen molar-refractivity contribution in [3.8, 4) is 5.75 Å². The summed E-state index contributed by atoms with van der Waals surface area (Å²) >= 11 is 0. The fraction of sp³-hybridized carbons (Fsp3) is 0.650. The van der Waals surface area contributed by atoms with Crippen molar-refractivity contribution in [3.63, 3.8) is 0 Å². The molecule has 140 valence electrons. The van der Waals surface area contributed by atoms with Crippen molar-refractivity contribution in [2.75, 3.05) is 33.9 Å². The molecule has 0 atom stereocenters. The Morgan fingerprint density at radius 1 is 1.16 bits per heavy atom. The third-order valence-corrected chi connectivity index (χ3v) is 5.12. The van der Waals surface area contributed by atoms with Crippen LogP contribution in [0.5, 0.6) is 5.75 Å². The van der Waals surface area contributed by atoms with Gasteiger partial charge in [-0.05, 0) is 49.3 Å². The predicted molar refractivity (Wildman–Crippen MR) is 103 cm³/mol. The topological polar surface area (TPSA) is 54.9 Å². The molecule has 1 aromatic carbocycles. The maximum absolute atomic E-state index is 5.59. The Morgan fingerprint density at radius 2 is 1.88 bits per heavy atom. The number of hydrogen-bond acceptors (Lipinski definition) is 3. The van der Waals surface area contributed by atoms with E-state index in [1.165, 1.54) is 31.2 Å². The molecule has 1 aromatic rings. The van der Waals surface area contributed by atoms with Gasteiger partial charge in [0.2, 0.25) is 0 Å². The van der Waals surface area contributed by atoms with Crippen LogP contribution < -0.4 is 15.4 Å². The minimum atomic E-state index is 0.354. The molecule has 0 aromatic heterocycles. The molecule has 1 fully saturated rings. The number of nitrogens with zero attached hydrogens (tertiary/aromatic N) is 1. The van der Waals surface area contributed by atoms with Crippen LogP contribution in [-0.2, 0) is 11.3 Å². The van der Waals surface area contributed by atoms with E-state index in [1.54, 1.807) is 7.11 Å². The molecule has 1 saturated carbocycles. The molecule has 0 aliphatic heterocycles. The molecule has 25 heavy (non-hydrogen) atoms. The van der Waals surface area contributed by atoms with Crippen molar-refractivity contribution in [3.05, 3.63) is 29.8 Å². The smallest absolute Gasteiger partial charge is 0.191 e. The lowest BCUT2D eigenvalue weighted by molar-refractivity contribution is 0.105. The van der Waals surface area contributed by atoms with Crippen molar-refractivity contribution in [1.82, 2.24) is 10.6 Å². The van der Waals surface area contributed by atoms with E-state index in [0.717, 1.165) is 44.4 Å². The zero-order chi connectivity index (χ0) is 18.0. The zero-order valence-corrected chi connectivity index (χ0v) is 15.9. The maximum Gasteiger partial charge on any atom is 0.191 e. The quantitative estimate of drug-likeness (QED) is 0.409. The van der Waals surface area contributed by atoms with E-state index in [9.17, 15) is 0 Å². The average Bonchev–Trinajstić information content (AvgIpc) is 3.11. The summed E-state index contributed by atoms with van der Waals surface area (Å²) in [6.45, 7) is 5.42. The number of benzene rings is 1. The summed E-state index contributed by atoms with van der Waals surface area (Å²) in [7, 11) is 3.51. The fourth-order valence-electron chi connectivity index (χ4n) is 3.49. The summed E-state index contributed by atoms with van der Waals surface area (Å²) in [5.41, 5.74) is 1.56. The van der Waals surface area contributed by atoms with Crippen LogP contribution in [-0.4, -0.2) is 39.9 Å². The Morgan fingerprint density at radius 3 is 2.48 bits per heavy atom. The highest BCUT2D eigenvalue weighted by Crippen LogP contribution is 2.40. The van der Waals surface area contributed by atoms with Crippen molar-refractivity contribution in [2.24, 2.45) is 10.4 Å². The summed E-state index contributed by atoms with van der Waals surface area (Å²) < 4.78 is 10.8. The van der Waals surface area contributed by atoms with Crippen molar-refractivity contribution >= 4 is 5.96 Å². The van der Waals surface area contributed by atoms with Crippen LogP contribution >= 0.6 is 0 Å². The van der Waals surface area contributed by atoms with Crippen molar-refractivity contribution in [1.29, 1.82) is 0 Å². The van der Waals surface area contributed by atoms with Gasteiger partial charge < -0.3 is 20.1 Å². The van der Waals surface area contributed by atoms with Crippen molar-refractivity contribution in [2.45, 2.75) is 45.6 Å². The lowest BCUT2D eigenvalue weighted by atomic mass is 9.83. The summed E-state index contributed by atoms with van der Waals surface area (Å²) in [6.07, 6.45) is 6.34. The van der Waals surface area contributed by atoms with Crippen LogP contribution in [0.2, 0.25) is 0 Å². The molecule has 5 nitrogen and oxygen atoms in total. The van der Waals surface area contributed by atoms with Gasteiger partial charge >= 0.3 is 0 Å². The Balaban J connectivity index is 1.81. The highest BCUT2D eigenvalue weighted by Gasteiger charge is 2.33. The predicted octanol–water partition coefficient (Wildman–Crippen LogP) is 3.35. The number of hydrogen-bond donors (Lipinski definition) is 2. The molecule has 0 bridgehead atoms. The molecule has 1 aliphatic carbocycles. The monoisotopic (exact) mass is 347 g/mol. The highest BCUT2D eigenvalue weighted by molar-refractivity contribution is 5.79. The minimum Gasteiger partial charge on any atom is -0.497 e. The van der Waals surface area contributed by atoms with Crippen LogP contribution in [0.25, 0.3) is 0 Å². The molecule has 1 aliphatic rings. The first-order chi connectivity index (χ1) is 12.2. The molecule has 2 N–H and O–H groups in total. The standard InChI is InChI=1S/C20H33N3O2/c1-4-25-14-13-20(11-5-6-12-20)16-23-19(21-2)22-15-17-7-9-18(24-3)10-8-17/h7-10H,4-6,11-16H2,1-3H3,(H2,21,22,23). The molecule has 0 unspecified atom stereocenters. The van der Waals surface area contributed by atoms with Gasteiger partial charge in [-0.2, -0.15) is 0 Å². The maximum atomic E-state index is 5.59. The van der Waals surface area contributed by atoms with E-state index in [4.69, 9.17) is 9.47 Å². The first-order valence-corrected chi connectivity index (χ1v) is 9.36. The van der Waals surface area contributed by atoms with Crippen molar-refractivity contribution < 1.29 is 9.47 Å². The highest BCUT2D eigenvalue weighted by atomic mass is 16.5. The molecule has 0 amide bonds. The minimum absolute atomic E-state index is 0.354. The summed E-state index contributed by atoms with van der Waals surface area (Å²) in [6, 6.07) is 8.10. The fourth-order valence-corrected chi connectivity index (χ4v) is 3.49. The molecule has 2 rings (SSSR count). The Hall–Kier alpha value is -1.75. The van der Waals surface area contributed by atoms with E-state index in [1.807, 2.05) is 19.2 Å². The van der Waals surface area contributed by atoms with Crippen LogP contribution in [0, 0.1) is 5.41 Å². The molecule has 0 spiro atoms. The second-order valence-corrected chi connectivity index (χ2v) is 6.78. The lowest BCUT2D eigenvalue weighted by Gasteiger charge is -2.30. The van der Waals surface area contributed by atoms with Crippen LogP contribution in [0.1, 0.15) is 44.6 Å². The third kappa shape index (κ3) is 6.24. The second-order valence-electron chi connectivity index (χ2n) is 6.78.